The molecule has 0 aromatic carbocycles. The van der Waals surface area contributed by atoms with E-state index in [1.165, 1.54) is 32.1 Å². The Kier molecular flexibility index (Phi) is 6.51. The van der Waals surface area contributed by atoms with Gasteiger partial charge in [-0.1, -0.05) is 26.2 Å². The highest BCUT2D eigenvalue weighted by molar-refractivity contribution is 7.09. The zero-order valence-electron chi connectivity index (χ0n) is 12.4. The predicted octanol–water partition coefficient (Wildman–Crippen LogP) is 3.80. The third kappa shape index (κ3) is 4.89. The Balaban J connectivity index is 1.61. The second kappa shape index (κ2) is 8.40. The molecule has 2 rings (SSSR count). The van der Waals surface area contributed by atoms with E-state index in [0.29, 0.717) is 0 Å². The molecule has 0 unspecified atom stereocenters. The van der Waals surface area contributed by atoms with Gasteiger partial charge in [-0.15, -0.1) is 11.3 Å². The van der Waals surface area contributed by atoms with E-state index in [1.54, 1.807) is 11.3 Å². The fourth-order valence-corrected chi connectivity index (χ4v) is 3.64. The van der Waals surface area contributed by atoms with Crippen molar-refractivity contribution in [3.05, 3.63) is 16.6 Å². The van der Waals surface area contributed by atoms with Crippen molar-refractivity contribution in [1.29, 1.82) is 0 Å². The molecule has 1 aromatic heterocycles. The summed E-state index contributed by atoms with van der Waals surface area (Å²) in [5.74, 6) is 1.38. The van der Waals surface area contributed by atoms with Crippen molar-refractivity contribution < 1.29 is 4.79 Å². The lowest BCUT2D eigenvalue weighted by Gasteiger charge is -2.27. The van der Waals surface area contributed by atoms with Gasteiger partial charge in [0, 0.05) is 30.5 Å². The molecule has 0 aliphatic heterocycles. The van der Waals surface area contributed by atoms with Crippen molar-refractivity contribution in [3.8, 4) is 0 Å². The van der Waals surface area contributed by atoms with Gasteiger partial charge in [-0.05, 0) is 31.6 Å². The van der Waals surface area contributed by atoms with Crippen molar-refractivity contribution in [2.45, 2.75) is 58.3 Å². The maximum Gasteiger partial charge on any atom is 0.223 e. The first-order chi connectivity index (χ1) is 9.79. The Labute approximate surface area is 126 Å². The summed E-state index contributed by atoms with van der Waals surface area (Å²) < 4.78 is 0. The third-order valence-electron chi connectivity index (χ3n) is 4.31. The Morgan fingerprint density at radius 2 is 2.20 bits per heavy atom. The van der Waals surface area contributed by atoms with Crippen molar-refractivity contribution >= 4 is 17.2 Å². The summed E-state index contributed by atoms with van der Waals surface area (Å²) >= 11 is 1.66. The molecule has 1 saturated carbocycles. The molecule has 20 heavy (non-hydrogen) atoms. The number of carbonyl (C=O) groups is 1. The quantitative estimate of drug-likeness (QED) is 0.831. The third-order valence-corrected chi connectivity index (χ3v) is 5.14. The zero-order chi connectivity index (χ0) is 14.2. The standard InChI is InChI=1S/C16H26N2OS/c1-2-3-4-13-5-7-14(8-6-13)16(19)18-10-9-15-17-11-12-20-15/h11-14H,2-10H2,1H3,(H,18,19). The highest BCUT2D eigenvalue weighted by atomic mass is 32.1. The number of amides is 1. The van der Waals surface area contributed by atoms with Crippen LogP contribution in [0, 0.1) is 11.8 Å². The first-order valence-electron chi connectivity index (χ1n) is 7.95. The lowest BCUT2D eigenvalue weighted by atomic mass is 9.79. The minimum atomic E-state index is 0.254. The van der Waals surface area contributed by atoms with Gasteiger partial charge in [0.2, 0.25) is 5.91 Å². The highest BCUT2D eigenvalue weighted by Gasteiger charge is 2.25. The second-order valence-electron chi connectivity index (χ2n) is 5.83. The molecule has 1 N–H and O–H groups in total. The molecule has 0 saturated heterocycles. The van der Waals surface area contributed by atoms with Crippen LogP contribution in [0.15, 0.2) is 11.6 Å². The minimum absolute atomic E-state index is 0.254. The summed E-state index contributed by atoms with van der Waals surface area (Å²) in [5.41, 5.74) is 0. The summed E-state index contributed by atoms with van der Waals surface area (Å²) in [7, 11) is 0. The number of hydrogen-bond acceptors (Lipinski definition) is 3. The molecule has 112 valence electrons. The van der Waals surface area contributed by atoms with E-state index in [1.807, 2.05) is 11.6 Å². The molecule has 0 atom stereocenters. The van der Waals surface area contributed by atoms with Gasteiger partial charge in [0.15, 0.2) is 0 Å². The molecular weight excluding hydrogens is 268 g/mol. The van der Waals surface area contributed by atoms with Gasteiger partial charge >= 0.3 is 0 Å². The normalized spacial score (nSPS) is 22.6. The topological polar surface area (TPSA) is 42.0 Å². The molecule has 0 spiro atoms. The van der Waals surface area contributed by atoms with Crippen molar-refractivity contribution in [2.75, 3.05) is 6.54 Å². The molecule has 1 heterocycles. The number of hydrogen-bond donors (Lipinski definition) is 1. The van der Waals surface area contributed by atoms with Crippen molar-refractivity contribution in [3.63, 3.8) is 0 Å². The van der Waals surface area contributed by atoms with E-state index >= 15 is 0 Å². The van der Waals surface area contributed by atoms with Gasteiger partial charge in [-0.2, -0.15) is 0 Å². The van der Waals surface area contributed by atoms with Gasteiger partial charge in [-0.25, -0.2) is 4.98 Å². The van der Waals surface area contributed by atoms with Crippen LogP contribution in [0.5, 0.6) is 0 Å². The monoisotopic (exact) mass is 294 g/mol. The predicted molar refractivity (Wildman–Crippen MR) is 83.8 cm³/mol. The summed E-state index contributed by atoms with van der Waals surface area (Å²) in [5, 5.41) is 6.16. The van der Waals surface area contributed by atoms with E-state index in [-0.39, 0.29) is 11.8 Å². The second-order valence-corrected chi connectivity index (χ2v) is 6.81. The Bertz CT molecular complexity index is 383. The fourth-order valence-electron chi connectivity index (χ4n) is 3.02. The minimum Gasteiger partial charge on any atom is -0.355 e. The van der Waals surface area contributed by atoms with Gasteiger partial charge in [-0.3, -0.25) is 4.79 Å². The van der Waals surface area contributed by atoms with E-state index in [2.05, 4.69) is 17.2 Å². The van der Waals surface area contributed by atoms with Crippen molar-refractivity contribution in [2.24, 2.45) is 11.8 Å². The maximum absolute atomic E-state index is 12.1. The average Bonchev–Trinajstić information content (AvgIpc) is 2.99. The van der Waals surface area contributed by atoms with E-state index in [9.17, 15) is 4.79 Å². The van der Waals surface area contributed by atoms with Crippen molar-refractivity contribution in [1.82, 2.24) is 10.3 Å². The van der Waals surface area contributed by atoms with Gasteiger partial charge in [0.05, 0.1) is 5.01 Å². The van der Waals surface area contributed by atoms with Crippen LogP contribution in [0.4, 0.5) is 0 Å². The first-order valence-corrected chi connectivity index (χ1v) is 8.83. The molecule has 0 radical (unpaired) electrons. The molecule has 0 bridgehead atoms. The average molecular weight is 294 g/mol. The summed E-state index contributed by atoms with van der Waals surface area (Å²) in [6.07, 6.45) is 11.3. The SMILES string of the molecule is CCCCC1CCC(C(=O)NCCc2nccs2)CC1. The van der Waals surface area contributed by atoms with E-state index < -0.39 is 0 Å². The number of thiazole rings is 1. The summed E-state index contributed by atoms with van der Waals surface area (Å²) in [6.45, 7) is 2.98. The van der Waals surface area contributed by atoms with Crippen LogP contribution in [0.25, 0.3) is 0 Å². The van der Waals surface area contributed by atoms with Gasteiger partial charge in [0.25, 0.3) is 0 Å². The Hall–Kier alpha value is -0.900. The molecule has 1 amide bonds. The number of nitrogens with one attached hydrogen (secondary N) is 1. The Morgan fingerprint density at radius 1 is 1.40 bits per heavy atom. The molecule has 3 nitrogen and oxygen atoms in total. The number of aromatic nitrogens is 1. The van der Waals surface area contributed by atoms with Gasteiger partial charge < -0.3 is 5.32 Å². The van der Waals surface area contributed by atoms with Crippen LogP contribution in [-0.4, -0.2) is 17.4 Å². The molecule has 1 aromatic rings. The number of nitrogens with zero attached hydrogens (tertiary/aromatic N) is 1. The maximum atomic E-state index is 12.1. The lowest BCUT2D eigenvalue weighted by Crippen LogP contribution is -2.34. The lowest BCUT2D eigenvalue weighted by molar-refractivity contribution is -0.126. The summed E-state index contributed by atoms with van der Waals surface area (Å²) in [4.78, 5) is 16.4. The van der Waals surface area contributed by atoms with E-state index in [0.717, 1.165) is 36.7 Å². The molecule has 1 fully saturated rings. The molecule has 4 heteroatoms. The Morgan fingerprint density at radius 3 is 2.85 bits per heavy atom. The van der Waals surface area contributed by atoms with Crippen LogP contribution in [-0.2, 0) is 11.2 Å². The van der Waals surface area contributed by atoms with Crippen LogP contribution < -0.4 is 5.32 Å². The smallest absolute Gasteiger partial charge is 0.223 e. The molecule has 1 aliphatic carbocycles. The molecule has 1 aliphatic rings. The number of rotatable bonds is 7. The van der Waals surface area contributed by atoms with Gasteiger partial charge in [0.1, 0.15) is 0 Å². The zero-order valence-corrected chi connectivity index (χ0v) is 13.3. The van der Waals surface area contributed by atoms with Crippen LogP contribution in [0.3, 0.4) is 0 Å². The van der Waals surface area contributed by atoms with Crippen LogP contribution >= 0.6 is 11.3 Å². The number of carbonyl (C=O) groups excluding carboxylic acids is 1. The number of unbranched alkanes of at least 4 members (excludes halogenated alkanes) is 1. The van der Waals surface area contributed by atoms with Crippen LogP contribution in [0.2, 0.25) is 0 Å². The fraction of sp³-hybridized carbons (Fsp3) is 0.750. The highest BCUT2D eigenvalue weighted by Crippen LogP contribution is 2.31. The molecular formula is C16H26N2OS. The largest absolute Gasteiger partial charge is 0.355 e. The first kappa shape index (κ1) is 15.5. The van der Waals surface area contributed by atoms with Crippen LogP contribution in [0.1, 0.15) is 56.9 Å². The van der Waals surface area contributed by atoms with E-state index in [4.69, 9.17) is 0 Å². The summed E-state index contributed by atoms with van der Waals surface area (Å²) in [6, 6.07) is 0.